The summed E-state index contributed by atoms with van der Waals surface area (Å²) in [5.41, 5.74) is 5.17. The zero-order valence-corrected chi connectivity index (χ0v) is 17.9. The highest BCUT2D eigenvalue weighted by atomic mass is 16.2. The number of nitrogens with zero attached hydrogens (tertiary/aromatic N) is 3. The van der Waals surface area contributed by atoms with Gasteiger partial charge in [-0.05, 0) is 74.7 Å². The molecule has 1 fully saturated rings. The van der Waals surface area contributed by atoms with E-state index in [0.717, 1.165) is 54.3 Å². The van der Waals surface area contributed by atoms with Crippen molar-refractivity contribution in [3.63, 3.8) is 0 Å². The molecule has 31 heavy (non-hydrogen) atoms. The molecular weight excluding hydrogens is 390 g/mol. The molecule has 160 valence electrons. The molecule has 3 amide bonds. The number of hydrogen-bond donors (Lipinski definition) is 2. The minimum Gasteiger partial charge on any atom is -0.348 e. The Hall–Kier alpha value is -3.61. The molecule has 0 aliphatic carbocycles. The summed E-state index contributed by atoms with van der Waals surface area (Å²) in [5.74, 6) is -0.147. The van der Waals surface area contributed by atoms with Gasteiger partial charge in [0.1, 0.15) is 0 Å². The van der Waals surface area contributed by atoms with Crippen LogP contribution in [-0.4, -0.2) is 39.7 Å². The first kappa shape index (κ1) is 20.7. The molecule has 2 N–H and O–H groups in total. The monoisotopic (exact) mass is 417 g/mol. The van der Waals surface area contributed by atoms with Gasteiger partial charge in [-0.1, -0.05) is 12.1 Å². The zero-order valence-electron chi connectivity index (χ0n) is 17.9. The number of hydrogen-bond acceptors (Lipinski definition) is 3. The summed E-state index contributed by atoms with van der Waals surface area (Å²) in [6.07, 6.45) is 2.11. The Morgan fingerprint density at radius 1 is 1.00 bits per heavy atom. The quantitative estimate of drug-likeness (QED) is 0.657. The summed E-state index contributed by atoms with van der Waals surface area (Å²) >= 11 is 0. The van der Waals surface area contributed by atoms with Gasteiger partial charge in [0.2, 0.25) is 0 Å². The minimum absolute atomic E-state index is 0.0682. The van der Waals surface area contributed by atoms with Crippen LogP contribution in [0.1, 0.15) is 40.2 Å². The van der Waals surface area contributed by atoms with Crippen molar-refractivity contribution in [2.45, 2.75) is 33.2 Å². The van der Waals surface area contributed by atoms with Crippen molar-refractivity contribution < 1.29 is 9.59 Å². The predicted molar refractivity (Wildman–Crippen MR) is 120 cm³/mol. The first-order valence-electron chi connectivity index (χ1n) is 10.6. The summed E-state index contributed by atoms with van der Waals surface area (Å²) in [6.45, 7) is 5.95. The number of nitrogens with one attached hydrogen (secondary N) is 2. The number of likely N-dealkylation sites (tertiary alicyclic amines) is 1. The van der Waals surface area contributed by atoms with E-state index in [4.69, 9.17) is 0 Å². The molecule has 0 saturated carbocycles. The van der Waals surface area contributed by atoms with E-state index in [1.54, 1.807) is 12.1 Å². The third-order valence-electron chi connectivity index (χ3n) is 5.41. The second kappa shape index (κ2) is 9.04. The summed E-state index contributed by atoms with van der Waals surface area (Å²) in [7, 11) is 0. The van der Waals surface area contributed by atoms with E-state index in [9.17, 15) is 9.59 Å². The highest BCUT2D eigenvalue weighted by Gasteiger charge is 2.17. The van der Waals surface area contributed by atoms with Gasteiger partial charge >= 0.3 is 6.03 Å². The van der Waals surface area contributed by atoms with Gasteiger partial charge in [-0.2, -0.15) is 5.10 Å². The van der Waals surface area contributed by atoms with Gasteiger partial charge in [0, 0.05) is 36.6 Å². The predicted octanol–water partition coefficient (Wildman–Crippen LogP) is 4.05. The van der Waals surface area contributed by atoms with Crippen molar-refractivity contribution in [1.29, 1.82) is 0 Å². The summed E-state index contributed by atoms with van der Waals surface area (Å²) in [5, 5.41) is 10.3. The first-order chi connectivity index (χ1) is 15.0. The molecule has 0 bridgehead atoms. The molecule has 1 saturated heterocycles. The number of amides is 3. The molecule has 2 heterocycles. The molecule has 0 spiro atoms. The fourth-order valence-electron chi connectivity index (χ4n) is 3.81. The Bertz CT molecular complexity index is 1080. The molecule has 0 atom stereocenters. The van der Waals surface area contributed by atoms with Crippen LogP contribution in [0.15, 0.2) is 54.6 Å². The molecule has 3 aromatic rings. The SMILES string of the molecule is Cc1cc(C)n(-c2ccc(C(=O)NCc3cccc(NC(=O)N4CCCC4)c3)cc2)n1. The third kappa shape index (κ3) is 4.94. The molecule has 1 aromatic heterocycles. The molecule has 7 heteroatoms. The number of aryl methyl sites for hydroxylation is 2. The van der Waals surface area contributed by atoms with Crippen LogP contribution in [0.4, 0.5) is 10.5 Å². The van der Waals surface area contributed by atoms with Crippen molar-refractivity contribution >= 4 is 17.6 Å². The van der Waals surface area contributed by atoms with Crippen LogP contribution in [0.5, 0.6) is 0 Å². The number of carbonyl (C=O) groups is 2. The van der Waals surface area contributed by atoms with Crippen molar-refractivity contribution in [2.24, 2.45) is 0 Å². The number of urea groups is 1. The van der Waals surface area contributed by atoms with Crippen molar-refractivity contribution in [3.05, 3.63) is 77.1 Å². The average Bonchev–Trinajstić information content (AvgIpc) is 3.42. The average molecular weight is 418 g/mol. The second-order valence-corrected chi connectivity index (χ2v) is 7.89. The lowest BCUT2D eigenvalue weighted by atomic mass is 10.1. The number of benzene rings is 2. The zero-order chi connectivity index (χ0) is 21.8. The van der Waals surface area contributed by atoms with Gasteiger partial charge in [-0.3, -0.25) is 4.79 Å². The Labute approximate surface area is 182 Å². The fourth-order valence-corrected chi connectivity index (χ4v) is 3.81. The van der Waals surface area contributed by atoms with E-state index in [-0.39, 0.29) is 11.9 Å². The second-order valence-electron chi connectivity index (χ2n) is 7.89. The van der Waals surface area contributed by atoms with Crippen molar-refractivity contribution in [1.82, 2.24) is 20.0 Å². The van der Waals surface area contributed by atoms with Gasteiger partial charge in [-0.25, -0.2) is 9.48 Å². The van der Waals surface area contributed by atoms with E-state index in [0.29, 0.717) is 12.1 Å². The summed E-state index contributed by atoms with van der Waals surface area (Å²) < 4.78 is 1.86. The summed E-state index contributed by atoms with van der Waals surface area (Å²) in [6, 6.07) is 16.9. The molecule has 1 aliphatic heterocycles. The topological polar surface area (TPSA) is 79.3 Å². The van der Waals surface area contributed by atoms with Gasteiger partial charge < -0.3 is 15.5 Å². The lowest BCUT2D eigenvalue weighted by molar-refractivity contribution is 0.0951. The Morgan fingerprint density at radius 3 is 2.42 bits per heavy atom. The van der Waals surface area contributed by atoms with Gasteiger partial charge in [-0.15, -0.1) is 0 Å². The first-order valence-corrected chi connectivity index (χ1v) is 10.6. The van der Waals surface area contributed by atoms with E-state index in [2.05, 4.69) is 15.7 Å². The van der Waals surface area contributed by atoms with Crippen molar-refractivity contribution in [3.8, 4) is 5.69 Å². The molecule has 7 nitrogen and oxygen atoms in total. The number of aromatic nitrogens is 2. The highest BCUT2D eigenvalue weighted by Crippen LogP contribution is 2.15. The van der Waals surface area contributed by atoms with Crippen LogP contribution >= 0.6 is 0 Å². The summed E-state index contributed by atoms with van der Waals surface area (Å²) in [4.78, 5) is 26.7. The van der Waals surface area contributed by atoms with Crippen LogP contribution in [0.25, 0.3) is 5.69 Å². The molecule has 2 aromatic carbocycles. The van der Waals surface area contributed by atoms with Crippen LogP contribution in [-0.2, 0) is 6.54 Å². The number of carbonyl (C=O) groups excluding carboxylic acids is 2. The maximum atomic E-state index is 12.6. The Morgan fingerprint density at radius 2 is 1.74 bits per heavy atom. The van der Waals surface area contributed by atoms with Crippen LogP contribution in [0.2, 0.25) is 0 Å². The van der Waals surface area contributed by atoms with Crippen LogP contribution < -0.4 is 10.6 Å². The molecule has 4 rings (SSSR count). The van der Waals surface area contributed by atoms with E-state index in [1.807, 2.05) is 65.9 Å². The molecule has 0 radical (unpaired) electrons. The minimum atomic E-state index is -0.147. The molecule has 1 aliphatic rings. The third-order valence-corrected chi connectivity index (χ3v) is 5.41. The van der Waals surface area contributed by atoms with Gasteiger partial charge in [0.15, 0.2) is 0 Å². The van der Waals surface area contributed by atoms with Gasteiger partial charge in [0.05, 0.1) is 11.4 Å². The molecule has 0 unspecified atom stereocenters. The molecular formula is C24H27N5O2. The maximum absolute atomic E-state index is 12.6. The largest absolute Gasteiger partial charge is 0.348 e. The Balaban J connectivity index is 1.35. The fraction of sp³-hybridized carbons (Fsp3) is 0.292. The van der Waals surface area contributed by atoms with Gasteiger partial charge in [0.25, 0.3) is 5.91 Å². The van der Waals surface area contributed by atoms with E-state index >= 15 is 0 Å². The van der Waals surface area contributed by atoms with Crippen LogP contribution in [0, 0.1) is 13.8 Å². The van der Waals surface area contributed by atoms with Crippen molar-refractivity contribution in [2.75, 3.05) is 18.4 Å². The highest BCUT2D eigenvalue weighted by molar-refractivity contribution is 5.94. The normalized spacial score (nSPS) is 13.3. The lowest BCUT2D eigenvalue weighted by Crippen LogP contribution is -2.32. The maximum Gasteiger partial charge on any atom is 0.321 e. The van der Waals surface area contributed by atoms with Crippen LogP contribution in [0.3, 0.4) is 0 Å². The number of rotatable bonds is 5. The van der Waals surface area contributed by atoms with E-state index < -0.39 is 0 Å². The smallest absolute Gasteiger partial charge is 0.321 e. The number of anilines is 1. The van der Waals surface area contributed by atoms with E-state index in [1.165, 1.54) is 0 Å². The lowest BCUT2D eigenvalue weighted by Gasteiger charge is -2.16. The standard InChI is InChI=1S/C24H27N5O2/c1-17-14-18(2)29(27-17)22-10-8-20(9-11-22)23(30)25-16-19-6-5-7-21(15-19)26-24(31)28-12-3-4-13-28/h5-11,14-15H,3-4,12-13,16H2,1-2H3,(H,25,30)(H,26,31). The Kier molecular flexibility index (Phi) is 6.02.